The minimum atomic E-state index is -0.399. The number of thioether (sulfide) groups is 1. The molecule has 0 amide bonds. The van der Waals surface area contributed by atoms with Crippen LogP contribution < -0.4 is 4.74 Å². The molecule has 0 saturated carbocycles. The highest BCUT2D eigenvalue weighted by atomic mass is 35.5. The second-order valence-corrected chi connectivity index (χ2v) is 7.30. The van der Waals surface area contributed by atoms with Crippen LogP contribution in [0.1, 0.15) is 30.0 Å². The highest BCUT2D eigenvalue weighted by Crippen LogP contribution is 2.30. The van der Waals surface area contributed by atoms with Gasteiger partial charge in [0.15, 0.2) is 17.1 Å². The lowest BCUT2D eigenvalue weighted by molar-refractivity contribution is 0.211. The van der Waals surface area contributed by atoms with Crippen LogP contribution in [-0.2, 0) is 12.8 Å². The summed E-state index contributed by atoms with van der Waals surface area (Å²) < 4.78 is 20.9. The number of rotatable bonds is 6. The van der Waals surface area contributed by atoms with Crippen molar-refractivity contribution in [3.8, 4) is 5.75 Å². The summed E-state index contributed by atoms with van der Waals surface area (Å²) in [6.45, 7) is 3.96. The molecule has 1 heterocycles. The molecule has 0 fully saturated rings. The van der Waals surface area contributed by atoms with Crippen LogP contribution in [0.2, 0.25) is 5.02 Å². The molecular weight excluding hydrogens is 373 g/mol. The van der Waals surface area contributed by atoms with Crippen LogP contribution in [0.4, 0.5) is 4.39 Å². The number of hydrogen-bond acceptors (Lipinski definition) is 4. The normalized spacial score (nSPS) is 12.2. The maximum absolute atomic E-state index is 13.2. The van der Waals surface area contributed by atoms with Gasteiger partial charge in [0, 0.05) is 12.8 Å². The lowest BCUT2D eigenvalue weighted by atomic mass is 10.1. The van der Waals surface area contributed by atoms with E-state index in [2.05, 4.69) is 29.3 Å². The van der Waals surface area contributed by atoms with E-state index in [1.807, 2.05) is 30.7 Å². The van der Waals surface area contributed by atoms with E-state index in [-0.39, 0.29) is 11.1 Å². The SMILES string of the molecule is Cc1ccccc1CSc1nnc(C(C)Oc2ccc(F)cc2Cl)n1C. The Morgan fingerprint density at radius 3 is 2.73 bits per heavy atom. The molecule has 0 N–H and O–H groups in total. The van der Waals surface area contributed by atoms with E-state index < -0.39 is 5.82 Å². The van der Waals surface area contributed by atoms with Crippen molar-refractivity contribution in [1.29, 1.82) is 0 Å². The Kier molecular flexibility index (Phi) is 5.84. The van der Waals surface area contributed by atoms with Crippen molar-refractivity contribution in [3.05, 3.63) is 70.3 Å². The summed E-state index contributed by atoms with van der Waals surface area (Å²) in [5, 5.41) is 9.55. The van der Waals surface area contributed by atoms with Crippen LogP contribution in [-0.4, -0.2) is 14.8 Å². The standard InChI is InChI=1S/C19H19ClFN3OS/c1-12-6-4-5-7-14(12)11-26-19-23-22-18(24(19)3)13(2)25-17-9-8-15(21)10-16(17)20/h4-10,13H,11H2,1-3H3. The maximum atomic E-state index is 13.2. The molecule has 0 aliphatic rings. The Morgan fingerprint density at radius 1 is 1.23 bits per heavy atom. The average Bonchev–Trinajstić information content (AvgIpc) is 2.97. The van der Waals surface area contributed by atoms with E-state index in [1.165, 1.54) is 29.3 Å². The smallest absolute Gasteiger partial charge is 0.191 e. The number of nitrogens with zero attached hydrogens (tertiary/aromatic N) is 3. The summed E-state index contributed by atoms with van der Waals surface area (Å²) in [6, 6.07) is 12.3. The molecule has 7 heteroatoms. The zero-order chi connectivity index (χ0) is 18.7. The van der Waals surface area contributed by atoms with E-state index in [4.69, 9.17) is 16.3 Å². The molecule has 3 aromatic rings. The largest absolute Gasteiger partial charge is 0.481 e. The summed E-state index contributed by atoms with van der Waals surface area (Å²) in [5.74, 6) is 1.51. The Hall–Kier alpha value is -2.05. The van der Waals surface area contributed by atoms with Gasteiger partial charge in [0.25, 0.3) is 0 Å². The molecule has 0 aliphatic heterocycles. The van der Waals surface area contributed by atoms with Crippen LogP contribution in [0.3, 0.4) is 0 Å². The molecule has 0 bridgehead atoms. The van der Waals surface area contributed by atoms with Crippen LogP contribution >= 0.6 is 23.4 Å². The minimum absolute atomic E-state index is 0.230. The fourth-order valence-corrected chi connectivity index (χ4v) is 3.74. The zero-order valence-corrected chi connectivity index (χ0v) is 16.3. The first-order valence-electron chi connectivity index (χ1n) is 8.14. The summed E-state index contributed by atoms with van der Waals surface area (Å²) in [7, 11) is 1.90. The molecule has 26 heavy (non-hydrogen) atoms. The van der Waals surface area contributed by atoms with Gasteiger partial charge in [0.2, 0.25) is 0 Å². The number of aromatic nitrogens is 3. The van der Waals surface area contributed by atoms with Crippen LogP contribution in [0.25, 0.3) is 0 Å². The predicted octanol–water partition coefficient (Wildman–Crippen LogP) is 5.35. The molecule has 1 aromatic heterocycles. The van der Waals surface area contributed by atoms with Crippen LogP contribution in [0.5, 0.6) is 5.75 Å². The van der Waals surface area contributed by atoms with Crippen molar-refractivity contribution in [2.24, 2.45) is 7.05 Å². The maximum Gasteiger partial charge on any atom is 0.191 e. The Balaban J connectivity index is 1.70. The highest BCUT2D eigenvalue weighted by Gasteiger charge is 2.18. The van der Waals surface area contributed by atoms with Gasteiger partial charge >= 0.3 is 0 Å². The van der Waals surface area contributed by atoms with Crippen molar-refractivity contribution >= 4 is 23.4 Å². The number of hydrogen-bond donors (Lipinski definition) is 0. The van der Waals surface area contributed by atoms with Gasteiger partial charge in [0.05, 0.1) is 5.02 Å². The lowest BCUT2D eigenvalue weighted by Gasteiger charge is -2.15. The zero-order valence-electron chi connectivity index (χ0n) is 14.7. The number of ether oxygens (including phenoxy) is 1. The molecule has 2 aromatic carbocycles. The van der Waals surface area contributed by atoms with Gasteiger partial charge in [-0.1, -0.05) is 47.6 Å². The number of benzene rings is 2. The first kappa shape index (κ1) is 18.7. The van der Waals surface area contributed by atoms with Crippen molar-refractivity contribution < 1.29 is 9.13 Å². The predicted molar refractivity (Wildman–Crippen MR) is 102 cm³/mol. The Labute approximate surface area is 161 Å². The topological polar surface area (TPSA) is 39.9 Å². The second-order valence-electron chi connectivity index (χ2n) is 5.95. The lowest BCUT2D eigenvalue weighted by Crippen LogP contribution is -2.10. The minimum Gasteiger partial charge on any atom is -0.481 e. The molecule has 1 unspecified atom stereocenters. The van der Waals surface area contributed by atoms with Crippen LogP contribution in [0.15, 0.2) is 47.6 Å². The third kappa shape index (κ3) is 4.19. The van der Waals surface area contributed by atoms with Gasteiger partial charge in [-0.05, 0) is 43.2 Å². The van der Waals surface area contributed by atoms with Gasteiger partial charge in [0.1, 0.15) is 11.6 Å². The summed E-state index contributed by atoms with van der Waals surface area (Å²) >= 11 is 7.65. The number of halogens is 2. The monoisotopic (exact) mass is 391 g/mol. The van der Waals surface area contributed by atoms with E-state index >= 15 is 0 Å². The quantitative estimate of drug-likeness (QED) is 0.531. The third-order valence-electron chi connectivity index (χ3n) is 4.05. The molecule has 3 rings (SSSR count). The molecule has 4 nitrogen and oxygen atoms in total. The molecule has 0 spiro atoms. The molecule has 0 radical (unpaired) electrons. The van der Waals surface area contributed by atoms with Gasteiger partial charge in [-0.25, -0.2) is 4.39 Å². The molecular formula is C19H19ClFN3OS. The molecule has 1 atom stereocenters. The fourth-order valence-electron chi connectivity index (χ4n) is 2.53. The van der Waals surface area contributed by atoms with Crippen LogP contribution in [0, 0.1) is 12.7 Å². The van der Waals surface area contributed by atoms with E-state index in [0.717, 1.165) is 10.9 Å². The first-order valence-corrected chi connectivity index (χ1v) is 9.50. The Morgan fingerprint density at radius 2 is 2.00 bits per heavy atom. The summed E-state index contributed by atoms with van der Waals surface area (Å²) in [6.07, 6.45) is -0.372. The van der Waals surface area contributed by atoms with Crippen molar-refractivity contribution in [2.45, 2.75) is 30.9 Å². The van der Waals surface area contributed by atoms with Gasteiger partial charge in [-0.15, -0.1) is 10.2 Å². The average molecular weight is 392 g/mol. The molecule has 136 valence electrons. The fraction of sp³-hybridized carbons (Fsp3) is 0.263. The summed E-state index contributed by atoms with van der Waals surface area (Å²) in [5.41, 5.74) is 2.52. The van der Waals surface area contributed by atoms with Crippen molar-refractivity contribution in [2.75, 3.05) is 0 Å². The molecule has 0 saturated heterocycles. The third-order valence-corrected chi connectivity index (χ3v) is 5.41. The van der Waals surface area contributed by atoms with E-state index in [9.17, 15) is 4.39 Å². The first-order chi connectivity index (χ1) is 12.5. The van der Waals surface area contributed by atoms with E-state index in [1.54, 1.807) is 11.8 Å². The van der Waals surface area contributed by atoms with Crippen molar-refractivity contribution in [1.82, 2.24) is 14.8 Å². The number of aryl methyl sites for hydroxylation is 1. The highest BCUT2D eigenvalue weighted by molar-refractivity contribution is 7.98. The van der Waals surface area contributed by atoms with Gasteiger partial charge in [-0.3, -0.25) is 0 Å². The Bertz CT molecular complexity index is 916. The molecule has 0 aliphatic carbocycles. The summed E-state index contributed by atoms with van der Waals surface area (Å²) in [4.78, 5) is 0. The van der Waals surface area contributed by atoms with Crippen molar-refractivity contribution in [3.63, 3.8) is 0 Å². The van der Waals surface area contributed by atoms with E-state index in [0.29, 0.717) is 11.6 Å². The van der Waals surface area contributed by atoms with Gasteiger partial charge < -0.3 is 9.30 Å². The second kappa shape index (κ2) is 8.10. The van der Waals surface area contributed by atoms with Gasteiger partial charge in [-0.2, -0.15) is 0 Å².